The zero-order chi connectivity index (χ0) is 30.3. The van der Waals surface area contributed by atoms with E-state index in [9.17, 15) is 0 Å². The number of aromatic amines is 1. The molecule has 0 aliphatic carbocycles. The topological polar surface area (TPSA) is 57.5 Å². The minimum Gasteiger partial charge on any atom is -0.354 e. The number of nitrogens with one attached hydrogen (secondary N) is 2. The fourth-order valence-electron chi connectivity index (χ4n) is 6.59. The lowest BCUT2D eigenvalue weighted by molar-refractivity contribution is 0.622. The van der Waals surface area contributed by atoms with Gasteiger partial charge in [-0.2, -0.15) is 0 Å². The van der Waals surface area contributed by atoms with Gasteiger partial charge in [0.1, 0.15) is 6.17 Å². The van der Waals surface area contributed by atoms with Crippen molar-refractivity contribution < 1.29 is 0 Å². The van der Waals surface area contributed by atoms with Crippen molar-refractivity contribution in [3.63, 3.8) is 0 Å². The summed E-state index contributed by atoms with van der Waals surface area (Å²) in [6.07, 6.45) is -0.272. The Morgan fingerprint density at radius 1 is 0.622 bits per heavy atom. The van der Waals surface area contributed by atoms with E-state index in [1.54, 1.807) is 0 Å². The lowest BCUT2D eigenvalue weighted by atomic mass is 9.93. The highest BCUT2D eigenvalue weighted by Crippen LogP contribution is 2.38. The molecule has 0 saturated carbocycles. The summed E-state index contributed by atoms with van der Waals surface area (Å²) in [6.45, 7) is 3.95. The fourth-order valence-corrected chi connectivity index (χ4v) is 6.59. The summed E-state index contributed by atoms with van der Waals surface area (Å²) in [5.41, 5.74) is 10.0. The van der Waals surface area contributed by atoms with Crippen LogP contribution in [0.1, 0.15) is 11.7 Å². The number of aliphatic imine (C=N–C) groups is 2. The Morgan fingerprint density at radius 2 is 1.22 bits per heavy atom. The van der Waals surface area contributed by atoms with Crippen molar-refractivity contribution in [2.24, 2.45) is 9.98 Å². The molecule has 0 bridgehead atoms. The average molecular weight is 582 g/mol. The molecule has 0 aliphatic rings. The first kappa shape index (κ1) is 26.8. The summed E-state index contributed by atoms with van der Waals surface area (Å²) in [6, 6.07) is 49.1. The Labute approximate surface area is 261 Å². The van der Waals surface area contributed by atoms with Gasteiger partial charge in [-0.15, -0.1) is 0 Å². The van der Waals surface area contributed by atoms with E-state index in [0.29, 0.717) is 5.96 Å². The maximum atomic E-state index is 5.08. The molecule has 45 heavy (non-hydrogen) atoms. The van der Waals surface area contributed by atoms with Gasteiger partial charge in [0.25, 0.3) is 0 Å². The molecule has 8 rings (SSSR count). The standard InChI is InChI=1S/C40H31N5/c1-41-39(26-12-4-3-5-13-26)44-40(42-2)45-37-19-11-9-17-33(37)34-23-21-28(25-38(34)45)30-15-7-6-14-29(30)27-20-22-32-31-16-8-10-18-35(31)43-36(32)24-27/h3-25,39,41,43H,2H2,1H3/b44-40+. The Morgan fingerprint density at radius 3 is 1.98 bits per heavy atom. The molecule has 1 atom stereocenters. The van der Waals surface area contributed by atoms with Crippen LogP contribution in [0.3, 0.4) is 0 Å². The summed E-state index contributed by atoms with van der Waals surface area (Å²) in [5, 5.41) is 8.10. The van der Waals surface area contributed by atoms with Crippen LogP contribution in [0.15, 0.2) is 150 Å². The third-order valence-corrected chi connectivity index (χ3v) is 8.70. The molecule has 8 aromatic rings. The van der Waals surface area contributed by atoms with Gasteiger partial charge in [0.2, 0.25) is 5.96 Å². The van der Waals surface area contributed by atoms with E-state index in [-0.39, 0.29) is 6.17 Å². The molecule has 0 radical (unpaired) electrons. The van der Waals surface area contributed by atoms with Gasteiger partial charge in [-0.05, 0) is 65.8 Å². The number of hydrogen-bond donors (Lipinski definition) is 2. The molecule has 0 spiro atoms. The second-order valence-corrected chi connectivity index (χ2v) is 11.3. The second-order valence-electron chi connectivity index (χ2n) is 11.3. The van der Waals surface area contributed by atoms with Gasteiger partial charge < -0.3 is 4.98 Å². The lowest BCUT2D eigenvalue weighted by Gasteiger charge is -2.15. The summed E-state index contributed by atoms with van der Waals surface area (Å²) in [7, 11) is 1.91. The predicted molar refractivity (Wildman–Crippen MR) is 190 cm³/mol. The van der Waals surface area contributed by atoms with Crippen molar-refractivity contribution in [1.82, 2.24) is 14.9 Å². The van der Waals surface area contributed by atoms with Gasteiger partial charge in [-0.1, -0.05) is 115 Å². The lowest BCUT2D eigenvalue weighted by Crippen LogP contribution is -2.18. The number of fused-ring (bicyclic) bond motifs is 6. The summed E-state index contributed by atoms with van der Waals surface area (Å²) in [5.74, 6) is 0.541. The molecule has 216 valence electrons. The number of aromatic nitrogens is 2. The second kappa shape index (κ2) is 11.1. The van der Waals surface area contributed by atoms with E-state index in [1.165, 1.54) is 21.9 Å². The van der Waals surface area contributed by atoms with Crippen LogP contribution in [0.4, 0.5) is 0 Å². The number of H-pyrrole nitrogens is 1. The quantitative estimate of drug-likeness (QED) is 0.154. The first-order valence-electron chi connectivity index (χ1n) is 15.1. The molecular formula is C40H31N5. The molecule has 0 aliphatic heterocycles. The minimum absolute atomic E-state index is 0.272. The van der Waals surface area contributed by atoms with Crippen molar-refractivity contribution in [3.05, 3.63) is 145 Å². The molecule has 1 unspecified atom stereocenters. The van der Waals surface area contributed by atoms with E-state index in [4.69, 9.17) is 4.99 Å². The molecule has 6 aromatic carbocycles. The highest BCUT2D eigenvalue weighted by molar-refractivity contribution is 6.15. The first-order chi connectivity index (χ1) is 22.2. The maximum Gasteiger partial charge on any atom is 0.231 e. The summed E-state index contributed by atoms with van der Waals surface area (Å²) in [4.78, 5) is 13.2. The van der Waals surface area contributed by atoms with Gasteiger partial charge in [-0.3, -0.25) is 9.88 Å². The monoisotopic (exact) mass is 581 g/mol. The smallest absolute Gasteiger partial charge is 0.231 e. The van der Waals surface area contributed by atoms with Gasteiger partial charge in [0, 0.05) is 32.6 Å². The van der Waals surface area contributed by atoms with Crippen molar-refractivity contribution in [3.8, 4) is 22.3 Å². The molecule has 5 nitrogen and oxygen atoms in total. The van der Waals surface area contributed by atoms with Crippen LogP contribution in [0.2, 0.25) is 0 Å². The number of hydrogen-bond acceptors (Lipinski definition) is 2. The Kier molecular flexibility index (Phi) is 6.59. The summed E-state index contributed by atoms with van der Waals surface area (Å²) < 4.78 is 2.13. The van der Waals surface area contributed by atoms with Gasteiger partial charge in [0.15, 0.2) is 0 Å². The first-order valence-corrected chi connectivity index (χ1v) is 15.1. The van der Waals surface area contributed by atoms with E-state index in [1.807, 2.05) is 25.2 Å². The van der Waals surface area contributed by atoms with Crippen LogP contribution >= 0.6 is 0 Å². The zero-order valence-corrected chi connectivity index (χ0v) is 24.9. The normalized spacial score (nSPS) is 12.8. The van der Waals surface area contributed by atoms with Crippen molar-refractivity contribution in [2.45, 2.75) is 6.17 Å². The highest BCUT2D eigenvalue weighted by atomic mass is 15.2. The van der Waals surface area contributed by atoms with Gasteiger partial charge in [0.05, 0.1) is 11.0 Å². The molecule has 2 heterocycles. The van der Waals surface area contributed by atoms with Crippen LogP contribution in [-0.2, 0) is 0 Å². The zero-order valence-electron chi connectivity index (χ0n) is 24.9. The van der Waals surface area contributed by atoms with Crippen molar-refractivity contribution >= 4 is 56.3 Å². The SMILES string of the molecule is C=N/C(=N\C(NC)c1ccccc1)n1c2ccccc2c2ccc(-c3ccccc3-c3ccc4c(c3)[nH]c3ccccc34)cc21. The van der Waals surface area contributed by atoms with Crippen LogP contribution in [0.25, 0.3) is 65.9 Å². The van der Waals surface area contributed by atoms with Crippen LogP contribution in [0, 0.1) is 0 Å². The van der Waals surface area contributed by atoms with Crippen LogP contribution < -0.4 is 5.32 Å². The molecule has 5 heteroatoms. The fraction of sp³-hybridized carbons (Fsp3) is 0.0500. The largest absolute Gasteiger partial charge is 0.354 e. The number of para-hydroxylation sites is 2. The highest BCUT2D eigenvalue weighted by Gasteiger charge is 2.18. The third kappa shape index (κ3) is 4.53. The molecular weight excluding hydrogens is 550 g/mol. The molecule has 2 N–H and O–H groups in total. The minimum atomic E-state index is -0.272. The Balaban J connectivity index is 1.31. The van der Waals surface area contributed by atoms with Crippen LogP contribution in [-0.4, -0.2) is 29.3 Å². The molecule has 0 saturated heterocycles. The van der Waals surface area contributed by atoms with Crippen molar-refractivity contribution in [2.75, 3.05) is 7.05 Å². The van der Waals surface area contributed by atoms with E-state index >= 15 is 0 Å². The molecule has 0 amide bonds. The molecule has 2 aromatic heterocycles. The number of rotatable bonds is 5. The maximum absolute atomic E-state index is 5.08. The number of benzene rings is 6. The van der Waals surface area contributed by atoms with E-state index in [0.717, 1.165) is 49.5 Å². The van der Waals surface area contributed by atoms with Gasteiger partial charge >= 0.3 is 0 Å². The third-order valence-electron chi connectivity index (χ3n) is 8.70. The number of nitrogens with zero attached hydrogens (tertiary/aromatic N) is 3. The van der Waals surface area contributed by atoms with Crippen molar-refractivity contribution in [1.29, 1.82) is 0 Å². The molecule has 0 fully saturated rings. The van der Waals surface area contributed by atoms with Gasteiger partial charge in [-0.25, -0.2) is 9.98 Å². The average Bonchev–Trinajstić information content (AvgIpc) is 3.64. The van der Waals surface area contributed by atoms with E-state index < -0.39 is 0 Å². The van der Waals surface area contributed by atoms with E-state index in [2.05, 4.69) is 148 Å². The summed E-state index contributed by atoms with van der Waals surface area (Å²) >= 11 is 0. The Hall–Kier alpha value is -5.78. The van der Waals surface area contributed by atoms with Crippen LogP contribution in [0.5, 0.6) is 0 Å². The Bertz CT molecular complexity index is 2390. The predicted octanol–water partition coefficient (Wildman–Crippen LogP) is 9.59.